The topological polar surface area (TPSA) is 75.9 Å². The molecule has 0 saturated heterocycles. The number of hydrogen-bond acceptors (Lipinski definition) is 5. The molecule has 5 nitrogen and oxygen atoms in total. The molecule has 2 rings (SSSR count). The molecule has 1 aromatic heterocycles. The summed E-state index contributed by atoms with van der Waals surface area (Å²) in [6.07, 6.45) is -2.35. The third kappa shape index (κ3) is 3.45. The first-order valence-electron chi connectivity index (χ1n) is 5.14. The Morgan fingerprint density at radius 1 is 1.29 bits per heavy atom. The van der Waals surface area contributed by atoms with Crippen molar-refractivity contribution in [2.45, 2.75) is 24.9 Å². The highest BCUT2D eigenvalue weighted by atomic mass is 19.4. The summed E-state index contributed by atoms with van der Waals surface area (Å²) in [7, 11) is 0. The first-order chi connectivity index (χ1) is 7.98. The molecule has 1 aliphatic carbocycles. The number of hydrazine groups is 1. The van der Waals surface area contributed by atoms with Crippen LogP contribution in [0.2, 0.25) is 0 Å². The van der Waals surface area contributed by atoms with Crippen molar-refractivity contribution < 1.29 is 13.2 Å². The van der Waals surface area contributed by atoms with Crippen LogP contribution in [0.5, 0.6) is 0 Å². The van der Waals surface area contributed by atoms with Gasteiger partial charge < -0.3 is 10.7 Å². The minimum absolute atomic E-state index is 0.132. The lowest BCUT2D eigenvalue weighted by molar-refractivity contribution is -0.115. The Kier molecular flexibility index (Phi) is 3.05. The fourth-order valence-electron chi connectivity index (χ4n) is 1.35. The molecule has 1 aliphatic rings. The van der Waals surface area contributed by atoms with Gasteiger partial charge in [-0.25, -0.2) is 15.8 Å². The van der Waals surface area contributed by atoms with E-state index in [9.17, 15) is 13.2 Å². The zero-order valence-electron chi connectivity index (χ0n) is 8.88. The summed E-state index contributed by atoms with van der Waals surface area (Å²) in [5, 5.41) is 2.21. The second-order valence-corrected chi connectivity index (χ2v) is 3.88. The van der Waals surface area contributed by atoms with Crippen molar-refractivity contribution in [3.8, 4) is 0 Å². The van der Waals surface area contributed by atoms with Gasteiger partial charge in [0.15, 0.2) is 0 Å². The molecule has 1 heterocycles. The van der Waals surface area contributed by atoms with Crippen molar-refractivity contribution in [1.82, 2.24) is 9.97 Å². The van der Waals surface area contributed by atoms with Crippen molar-refractivity contribution in [3.63, 3.8) is 0 Å². The van der Waals surface area contributed by atoms with E-state index in [-0.39, 0.29) is 11.7 Å². The lowest BCUT2D eigenvalue weighted by Crippen LogP contribution is -2.22. The van der Waals surface area contributed by atoms with Crippen LogP contribution in [0.15, 0.2) is 6.07 Å². The van der Waals surface area contributed by atoms with Crippen molar-refractivity contribution in [2.75, 3.05) is 17.3 Å². The van der Waals surface area contributed by atoms with Crippen LogP contribution in [0.4, 0.5) is 24.8 Å². The molecule has 17 heavy (non-hydrogen) atoms. The maximum absolute atomic E-state index is 12.0. The Bertz CT molecular complexity index is 402. The molecule has 0 radical (unpaired) electrons. The number of halogens is 3. The minimum Gasteiger partial charge on any atom is -0.361 e. The quantitative estimate of drug-likeness (QED) is 0.556. The van der Waals surface area contributed by atoms with E-state index in [0.717, 1.165) is 12.8 Å². The zero-order valence-corrected chi connectivity index (χ0v) is 8.88. The standard InChI is InChI=1S/C9H12F3N5/c10-9(11,12)4-14-6-3-7(17-13)16-8(15-6)5-1-2-5/h3,5H,1-2,4,13H2,(H2,14,15,16,17). The summed E-state index contributed by atoms with van der Waals surface area (Å²) in [5.74, 6) is 6.42. The number of hydrogen-bond donors (Lipinski definition) is 3. The predicted molar refractivity (Wildman–Crippen MR) is 56.4 cm³/mol. The molecule has 0 spiro atoms. The number of nitrogens with zero attached hydrogens (tertiary/aromatic N) is 2. The normalized spacial score (nSPS) is 15.8. The van der Waals surface area contributed by atoms with E-state index in [1.165, 1.54) is 6.07 Å². The van der Waals surface area contributed by atoms with Crippen LogP contribution in [-0.2, 0) is 0 Å². The number of anilines is 2. The summed E-state index contributed by atoms with van der Waals surface area (Å²) in [6, 6.07) is 1.34. The minimum atomic E-state index is -4.28. The Labute approximate surface area is 95.6 Å². The van der Waals surface area contributed by atoms with Crippen molar-refractivity contribution in [1.29, 1.82) is 0 Å². The molecule has 1 aromatic rings. The Morgan fingerprint density at radius 2 is 1.94 bits per heavy atom. The highest BCUT2D eigenvalue weighted by Gasteiger charge is 2.29. The summed E-state index contributed by atoms with van der Waals surface area (Å²) in [4.78, 5) is 8.12. The summed E-state index contributed by atoms with van der Waals surface area (Å²) >= 11 is 0. The first kappa shape index (κ1) is 11.9. The van der Waals surface area contributed by atoms with Gasteiger partial charge in [-0.05, 0) is 12.8 Å². The Hall–Kier alpha value is -1.57. The largest absolute Gasteiger partial charge is 0.405 e. The van der Waals surface area contributed by atoms with E-state index in [4.69, 9.17) is 5.84 Å². The molecular formula is C9H12F3N5. The number of nitrogens with two attached hydrogens (primary N) is 1. The highest BCUT2D eigenvalue weighted by molar-refractivity contribution is 5.47. The van der Waals surface area contributed by atoms with Crippen LogP contribution < -0.4 is 16.6 Å². The smallest absolute Gasteiger partial charge is 0.361 e. The average molecular weight is 247 g/mol. The third-order valence-electron chi connectivity index (χ3n) is 2.30. The third-order valence-corrected chi connectivity index (χ3v) is 2.30. The SMILES string of the molecule is NNc1cc(NCC(F)(F)F)nc(C2CC2)n1. The van der Waals surface area contributed by atoms with E-state index in [2.05, 4.69) is 20.7 Å². The molecule has 94 valence electrons. The van der Waals surface area contributed by atoms with Gasteiger partial charge in [-0.2, -0.15) is 13.2 Å². The molecule has 4 N–H and O–H groups in total. The van der Waals surface area contributed by atoms with Crippen molar-refractivity contribution in [2.24, 2.45) is 5.84 Å². The Morgan fingerprint density at radius 3 is 2.47 bits per heavy atom. The first-order valence-corrected chi connectivity index (χ1v) is 5.14. The van der Waals surface area contributed by atoms with Crippen LogP contribution in [0.3, 0.4) is 0 Å². The summed E-state index contributed by atoms with van der Waals surface area (Å²) in [6.45, 7) is -1.13. The summed E-state index contributed by atoms with van der Waals surface area (Å²) < 4.78 is 36.1. The highest BCUT2D eigenvalue weighted by Crippen LogP contribution is 2.38. The van der Waals surface area contributed by atoms with Crippen LogP contribution in [0.1, 0.15) is 24.6 Å². The number of nitrogens with one attached hydrogen (secondary N) is 2. The molecular weight excluding hydrogens is 235 g/mol. The van der Waals surface area contributed by atoms with Crippen LogP contribution in [0.25, 0.3) is 0 Å². The molecule has 0 unspecified atom stereocenters. The van der Waals surface area contributed by atoms with E-state index >= 15 is 0 Å². The molecule has 0 amide bonds. The van der Waals surface area contributed by atoms with Gasteiger partial charge in [-0.1, -0.05) is 0 Å². The van der Waals surface area contributed by atoms with E-state index in [1.54, 1.807) is 0 Å². The fraction of sp³-hybridized carbons (Fsp3) is 0.556. The van der Waals surface area contributed by atoms with E-state index in [0.29, 0.717) is 11.6 Å². The second kappa shape index (κ2) is 4.36. The van der Waals surface area contributed by atoms with E-state index < -0.39 is 12.7 Å². The van der Waals surface area contributed by atoms with Gasteiger partial charge in [-0.15, -0.1) is 0 Å². The lowest BCUT2D eigenvalue weighted by Gasteiger charge is -2.11. The number of aromatic nitrogens is 2. The van der Waals surface area contributed by atoms with Gasteiger partial charge in [0.05, 0.1) is 0 Å². The predicted octanol–water partition coefficient (Wildman–Crippen LogP) is 1.61. The van der Waals surface area contributed by atoms with Gasteiger partial charge >= 0.3 is 6.18 Å². The van der Waals surface area contributed by atoms with Crippen LogP contribution in [-0.4, -0.2) is 22.7 Å². The molecule has 0 aromatic carbocycles. The monoisotopic (exact) mass is 247 g/mol. The molecule has 1 fully saturated rings. The van der Waals surface area contributed by atoms with Crippen molar-refractivity contribution >= 4 is 11.6 Å². The maximum Gasteiger partial charge on any atom is 0.405 e. The van der Waals surface area contributed by atoms with Gasteiger partial charge in [0, 0.05) is 12.0 Å². The number of alkyl halides is 3. The Balaban J connectivity index is 2.12. The fourth-order valence-corrected chi connectivity index (χ4v) is 1.35. The number of nitrogen functional groups attached to an aromatic ring is 1. The molecule has 8 heteroatoms. The molecule has 1 saturated carbocycles. The van der Waals surface area contributed by atoms with Gasteiger partial charge in [-0.3, -0.25) is 0 Å². The second-order valence-electron chi connectivity index (χ2n) is 3.88. The van der Waals surface area contributed by atoms with Crippen LogP contribution >= 0.6 is 0 Å². The molecule has 0 atom stereocenters. The zero-order chi connectivity index (χ0) is 12.5. The average Bonchev–Trinajstić information content (AvgIpc) is 3.08. The molecule has 0 bridgehead atoms. The van der Waals surface area contributed by atoms with E-state index in [1.807, 2.05) is 0 Å². The lowest BCUT2D eigenvalue weighted by atomic mass is 10.3. The molecule has 0 aliphatic heterocycles. The van der Waals surface area contributed by atoms with Gasteiger partial charge in [0.1, 0.15) is 24.0 Å². The number of rotatable bonds is 4. The van der Waals surface area contributed by atoms with Crippen molar-refractivity contribution in [3.05, 3.63) is 11.9 Å². The maximum atomic E-state index is 12.0. The van der Waals surface area contributed by atoms with Crippen LogP contribution in [0, 0.1) is 0 Å². The summed E-state index contributed by atoms with van der Waals surface area (Å²) in [5.41, 5.74) is 2.32. The van der Waals surface area contributed by atoms with Gasteiger partial charge in [0.2, 0.25) is 0 Å². The van der Waals surface area contributed by atoms with Gasteiger partial charge in [0.25, 0.3) is 0 Å².